The van der Waals surface area contributed by atoms with Crippen LogP contribution in [0, 0.1) is 5.82 Å². The van der Waals surface area contributed by atoms with E-state index in [0.29, 0.717) is 25.2 Å². The first-order valence-corrected chi connectivity index (χ1v) is 14.2. The molecule has 212 valence electrons. The molecule has 1 aromatic carbocycles. The number of rotatable bonds is 2. The number of hydrogen-bond acceptors (Lipinski definition) is 7. The lowest BCUT2D eigenvalue weighted by Crippen LogP contribution is -2.53. The SMILES string of the molecule is CN1CCNC(=O)CNCC(C)(c2ccc(F)cc2)C(=O)N2CCCC[C@H]2c2cc3nc(N4CCC4)cc1n3n2. The minimum Gasteiger partial charge on any atom is -0.358 e. The number of likely N-dealkylation sites (N-methyl/N-ethyl adjacent to an activating group) is 1. The molecule has 40 heavy (non-hydrogen) atoms. The Hall–Kier alpha value is -3.73. The van der Waals surface area contributed by atoms with Crippen LogP contribution in [0.15, 0.2) is 36.4 Å². The molecule has 2 fully saturated rings. The number of halogens is 1. The Morgan fingerprint density at radius 1 is 1.02 bits per heavy atom. The zero-order valence-electron chi connectivity index (χ0n) is 23.2. The van der Waals surface area contributed by atoms with Gasteiger partial charge in [0.1, 0.15) is 17.5 Å². The highest BCUT2D eigenvalue weighted by Crippen LogP contribution is 2.37. The number of nitrogens with zero attached hydrogens (tertiary/aromatic N) is 6. The van der Waals surface area contributed by atoms with Gasteiger partial charge in [-0.3, -0.25) is 9.59 Å². The Morgan fingerprint density at radius 2 is 1.82 bits per heavy atom. The fraction of sp³-hybridized carbons (Fsp3) is 0.517. The number of anilines is 2. The van der Waals surface area contributed by atoms with Gasteiger partial charge in [-0.25, -0.2) is 9.37 Å². The van der Waals surface area contributed by atoms with Crippen LogP contribution >= 0.6 is 0 Å². The highest BCUT2D eigenvalue weighted by molar-refractivity contribution is 5.89. The first-order valence-electron chi connectivity index (χ1n) is 14.2. The van der Waals surface area contributed by atoms with Crippen molar-refractivity contribution in [3.8, 4) is 0 Å². The lowest BCUT2D eigenvalue weighted by Gasteiger charge is -2.41. The van der Waals surface area contributed by atoms with Crippen LogP contribution in [0.1, 0.15) is 49.9 Å². The number of amides is 2. The Balaban J connectivity index is 1.45. The summed E-state index contributed by atoms with van der Waals surface area (Å²) in [6.07, 6.45) is 3.84. The van der Waals surface area contributed by atoms with Crippen molar-refractivity contribution in [3.63, 3.8) is 0 Å². The topological polar surface area (TPSA) is 98.1 Å². The summed E-state index contributed by atoms with van der Waals surface area (Å²) < 4.78 is 15.7. The third kappa shape index (κ3) is 4.87. The molecule has 0 radical (unpaired) electrons. The third-order valence-corrected chi connectivity index (χ3v) is 8.58. The molecule has 2 N–H and O–H groups in total. The normalized spacial score (nSPS) is 24.7. The molecule has 0 spiro atoms. The highest BCUT2D eigenvalue weighted by atomic mass is 19.1. The first kappa shape index (κ1) is 26.5. The predicted octanol–water partition coefficient (Wildman–Crippen LogP) is 2.25. The summed E-state index contributed by atoms with van der Waals surface area (Å²) in [4.78, 5) is 38.4. The predicted molar refractivity (Wildman–Crippen MR) is 151 cm³/mol. The van der Waals surface area contributed by atoms with Crippen molar-refractivity contribution in [1.82, 2.24) is 30.1 Å². The monoisotopic (exact) mass is 548 g/mol. The fourth-order valence-corrected chi connectivity index (χ4v) is 5.99. The second-order valence-corrected chi connectivity index (χ2v) is 11.4. The molecule has 3 aliphatic rings. The Labute approximate surface area is 233 Å². The molecule has 1 unspecified atom stereocenters. The maximum absolute atomic E-state index is 14.5. The lowest BCUT2D eigenvalue weighted by molar-refractivity contribution is -0.141. The molecule has 2 saturated heterocycles. The number of piperidine rings is 1. The van der Waals surface area contributed by atoms with Crippen LogP contribution in [-0.2, 0) is 15.0 Å². The summed E-state index contributed by atoms with van der Waals surface area (Å²) >= 11 is 0. The van der Waals surface area contributed by atoms with Gasteiger partial charge in [0.05, 0.1) is 23.7 Å². The summed E-state index contributed by atoms with van der Waals surface area (Å²) in [6, 6.07) is 9.98. The standard InChI is InChI=1S/C29H37FN8O2/c1-29(20-7-9-21(30)10-8-20)19-31-18-26(39)32-11-15-35(2)27-17-24(36-12-5-13-36)33-25-16-22(34-38(25)27)23-6-3-4-14-37(23)28(29)40/h7-10,16-17,23,31H,3-6,11-15,18-19H2,1-2H3,(H,32,39)/t23-,29?/m0/s1. The maximum Gasteiger partial charge on any atom is 0.234 e. The molecular weight excluding hydrogens is 511 g/mol. The molecule has 2 bridgehead atoms. The van der Waals surface area contributed by atoms with Crippen LogP contribution in [0.4, 0.5) is 16.0 Å². The molecule has 0 saturated carbocycles. The van der Waals surface area contributed by atoms with Crippen molar-refractivity contribution < 1.29 is 14.0 Å². The molecule has 11 heteroatoms. The van der Waals surface area contributed by atoms with E-state index in [-0.39, 0.29) is 36.8 Å². The molecule has 2 atom stereocenters. The van der Waals surface area contributed by atoms with Gasteiger partial charge in [-0.05, 0) is 50.3 Å². The van der Waals surface area contributed by atoms with E-state index in [0.717, 1.165) is 61.7 Å². The number of benzene rings is 1. The van der Waals surface area contributed by atoms with E-state index in [2.05, 4.69) is 26.5 Å². The average Bonchev–Trinajstić information content (AvgIpc) is 3.35. The summed E-state index contributed by atoms with van der Waals surface area (Å²) in [7, 11) is 1.99. The van der Waals surface area contributed by atoms with Gasteiger partial charge in [0.2, 0.25) is 11.8 Å². The molecule has 3 aromatic rings. The van der Waals surface area contributed by atoms with Crippen molar-refractivity contribution in [2.45, 2.75) is 44.1 Å². The van der Waals surface area contributed by atoms with Gasteiger partial charge in [-0.15, -0.1) is 0 Å². The van der Waals surface area contributed by atoms with Gasteiger partial charge < -0.3 is 25.3 Å². The molecule has 10 nitrogen and oxygen atoms in total. The second-order valence-electron chi connectivity index (χ2n) is 11.4. The number of carbonyl (C=O) groups excluding carboxylic acids is 2. The average molecular weight is 549 g/mol. The zero-order chi connectivity index (χ0) is 27.9. The summed E-state index contributed by atoms with van der Waals surface area (Å²) in [5, 5.41) is 11.2. The molecule has 3 aliphatic heterocycles. The van der Waals surface area contributed by atoms with Crippen molar-refractivity contribution in [2.75, 3.05) is 62.7 Å². The highest BCUT2D eigenvalue weighted by Gasteiger charge is 2.42. The zero-order valence-corrected chi connectivity index (χ0v) is 23.2. The van der Waals surface area contributed by atoms with Gasteiger partial charge in [-0.1, -0.05) is 12.1 Å². The van der Waals surface area contributed by atoms with Crippen molar-refractivity contribution in [1.29, 1.82) is 0 Å². The van der Waals surface area contributed by atoms with E-state index in [1.807, 2.05) is 29.5 Å². The lowest BCUT2D eigenvalue weighted by atomic mass is 9.79. The molecule has 2 aromatic heterocycles. The van der Waals surface area contributed by atoms with Crippen molar-refractivity contribution in [2.24, 2.45) is 0 Å². The van der Waals surface area contributed by atoms with Crippen molar-refractivity contribution in [3.05, 3.63) is 53.5 Å². The van der Waals surface area contributed by atoms with Gasteiger partial charge >= 0.3 is 0 Å². The number of hydrogen-bond donors (Lipinski definition) is 2. The smallest absolute Gasteiger partial charge is 0.234 e. The minimum absolute atomic E-state index is 0.0626. The Kier molecular flexibility index (Phi) is 7.07. The molecule has 0 aliphatic carbocycles. The molecule has 5 heterocycles. The number of carbonyl (C=O) groups is 2. The van der Waals surface area contributed by atoms with Crippen LogP contribution in [0.3, 0.4) is 0 Å². The Morgan fingerprint density at radius 3 is 2.58 bits per heavy atom. The summed E-state index contributed by atoms with van der Waals surface area (Å²) in [6.45, 7) is 5.81. The van der Waals surface area contributed by atoms with Crippen LogP contribution < -0.4 is 20.4 Å². The van der Waals surface area contributed by atoms with Gasteiger partial charge in [0.15, 0.2) is 5.65 Å². The van der Waals surface area contributed by atoms with E-state index >= 15 is 0 Å². The van der Waals surface area contributed by atoms with E-state index in [1.165, 1.54) is 12.1 Å². The fourth-order valence-electron chi connectivity index (χ4n) is 5.99. The van der Waals surface area contributed by atoms with Crippen LogP contribution in [0.25, 0.3) is 5.65 Å². The minimum atomic E-state index is -1.01. The van der Waals surface area contributed by atoms with Gasteiger partial charge in [0, 0.05) is 58.4 Å². The van der Waals surface area contributed by atoms with Gasteiger partial charge in [0.25, 0.3) is 0 Å². The maximum atomic E-state index is 14.5. The molecule has 2 amide bonds. The summed E-state index contributed by atoms with van der Waals surface area (Å²) in [5.74, 6) is 1.24. The molecular formula is C29H37FN8O2. The van der Waals surface area contributed by atoms with Crippen LogP contribution in [0.2, 0.25) is 0 Å². The van der Waals surface area contributed by atoms with E-state index < -0.39 is 5.41 Å². The van der Waals surface area contributed by atoms with Crippen LogP contribution in [0.5, 0.6) is 0 Å². The largest absolute Gasteiger partial charge is 0.358 e. The quantitative estimate of drug-likeness (QED) is 0.507. The summed E-state index contributed by atoms with van der Waals surface area (Å²) in [5.41, 5.74) is 1.27. The van der Waals surface area contributed by atoms with E-state index in [9.17, 15) is 14.0 Å². The van der Waals surface area contributed by atoms with E-state index in [4.69, 9.17) is 10.1 Å². The third-order valence-electron chi connectivity index (χ3n) is 8.58. The van der Waals surface area contributed by atoms with Gasteiger partial charge in [-0.2, -0.15) is 9.61 Å². The molecule has 6 rings (SSSR count). The second kappa shape index (κ2) is 10.7. The van der Waals surface area contributed by atoms with Crippen LogP contribution in [-0.4, -0.2) is 84.2 Å². The number of aromatic nitrogens is 3. The number of nitrogens with one attached hydrogen (secondary N) is 2. The van der Waals surface area contributed by atoms with E-state index in [1.54, 1.807) is 12.1 Å². The Bertz CT molecular complexity index is 1410. The van der Waals surface area contributed by atoms with Crippen molar-refractivity contribution >= 4 is 29.1 Å². The first-order chi connectivity index (χ1) is 19.3. The number of fused-ring (bicyclic) bond motifs is 3.